The summed E-state index contributed by atoms with van der Waals surface area (Å²) in [6.07, 6.45) is 1.70. The van der Waals surface area contributed by atoms with Crippen LogP contribution in [0.25, 0.3) is 0 Å². The number of carbonyl (C=O) groups excluding carboxylic acids is 2. The van der Waals surface area contributed by atoms with Crippen LogP contribution in [0.15, 0.2) is 48.5 Å². The lowest BCUT2D eigenvalue weighted by atomic mass is 9.69. The maximum atomic E-state index is 13.8. The second kappa shape index (κ2) is 6.68. The standard InChI is InChI=1S/C24H26ClNO3/c1-22(2,3)23(12-13-27)15-19(16-8-7-9-17(25)14-16)24(29-23)18-10-5-6-11-20(18)26(4)21(24)28/h5-11,13-14,19H,12,15H2,1-4H3/t19-,23+,24+/m0/s1. The average molecular weight is 412 g/mol. The summed E-state index contributed by atoms with van der Waals surface area (Å²) in [6.45, 7) is 6.21. The van der Waals surface area contributed by atoms with Crippen molar-refractivity contribution in [3.8, 4) is 0 Å². The first-order chi connectivity index (χ1) is 13.7. The molecule has 1 amide bonds. The minimum Gasteiger partial charge on any atom is -0.352 e. The van der Waals surface area contributed by atoms with Crippen molar-refractivity contribution in [1.29, 1.82) is 0 Å². The lowest BCUT2D eigenvalue weighted by Gasteiger charge is -2.41. The maximum absolute atomic E-state index is 13.8. The second-order valence-corrected chi connectivity index (χ2v) is 9.58. The number of rotatable bonds is 3. The van der Waals surface area contributed by atoms with Crippen molar-refractivity contribution in [3.63, 3.8) is 0 Å². The molecule has 2 aromatic rings. The molecular weight excluding hydrogens is 386 g/mol. The van der Waals surface area contributed by atoms with E-state index in [1.54, 1.807) is 11.9 Å². The van der Waals surface area contributed by atoms with Crippen molar-refractivity contribution in [2.24, 2.45) is 5.41 Å². The highest BCUT2D eigenvalue weighted by molar-refractivity contribution is 6.30. The molecule has 0 aliphatic carbocycles. The molecular formula is C24H26ClNO3. The van der Waals surface area contributed by atoms with Gasteiger partial charge < -0.3 is 14.4 Å². The number of fused-ring (bicyclic) bond motifs is 2. The van der Waals surface area contributed by atoms with Gasteiger partial charge in [0.05, 0.1) is 11.3 Å². The van der Waals surface area contributed by atoms with E-state index in [1.807, 2.05) is 48.5 Å². The maximum Gasteiger partial charge on any atom is 0.264 e. The molecule has 2 aliphatic rings. The Morgan fingerprint density at radius 1 is 1.21 bits per heavy atom. The molecule has 2 aromatic carbocycles. The Morgan fingerprint density at radius 3 is 2.59 bits per heavy atom. The van der Waals surface area contributed by atoms with E-state index >= 15 is 0 Å². The van der Waals surface area contributed by atoms with Crippen LogP contribution in [0.2, 0.25) is 5.02 Å². The number of halogens is 1. The Morgan fingerprint density at radius 2 is 1.93 bits per heavy atom. The molecule has 0 aromatic heterocycles. The number of aldehydes is 1. The number of anilines is 1. The van der Waals surface area contributed by atoms with E-state index in [2.05, 4.69) is 20.8 Å². The Labute approximate surface area is 176 Å². The van der Waals surface area contributed by atoms with Gasteiger partial charge in [0.25, 0.3) is 5.91 Å². The van der Waals surface area contributed by atoms with Crippen LogP contribution in [-0.2, 0) is 19.9 Å². The van der Waals surface area contributed by atoms with Gasteiger partial charge in [-0.15, -0.1) is 0 Å². The number of likely N-dealkylation sites (N-methyl/N-ethyl adjacent to an activating group) is 1. The van der Waals surface area contributed by atoms with Gasteiger partial charge in [-0.2, -0.15) is 0 Å². The number of para-hydroxylation sites is 1. The molecule has 0 radical (unpaired) electrons. The Kier molecular flexibility index (Phi) is 4.63. The van der Waals surface area contributed by atoms with Gasteiger partial charge >= 0.3 is 0 Å². The highest BCUT2D eigenvalue weighted by Crippen LogP contribution is 2.63. The van der Waals surface area contributed by atoms with Crippen LogP contribution in [0.1, 0.15) is 50.7 Å². The van der Waals surface area contributed by atoms with Crippen LogP contribution < -0.4 is 4.90 Å². The van der Waals surface area contributed by atoms with Crippen molar-refractivity contribution in [3.05, 3.63) is 64.7 Å². The molecule has 3 atom stereocenters. The lowest BCUT2D eigenvalue weighted by Crippen LogP contribution is -2.48. The van der Waals surface area contributed by atoms with Crippen LogP contribution in [-0.4, -0.2) is 24.8 Å². The fourth-order valence-electron chi connectivity index (χ4n) is 4.98. The Balaban J connectivity index is 2.00. The molecule has 2 heterocycles. The Hall–Kier alpha value is -2.17. The van der Waals surface area contributed by atoms with Gasteiger partial charge in [-0.25, -0.2) is 0 Å². The van der Waals surface area contributed by atoms with Crippen molar-refractivity contribution >= 4 is 29.5 Å². The van der Waals surface area contributed by atoms with Gasteiger partial charge in [0.2, 0.25) is 0 Å². The lowest BCUT2D eigenvalue weighted by molar-refractivity contribution is -0.175. The molecule has 1 fully saturated rings. The fourth-order valence-corrected chi connectivity index (χ4v) is 5.18. The Bertz CT molecular complexity index is 982. The number of ether oxygens (including phenoxy) is 1. The molecule has 0 unspecified atom stereocenters. The third kappa shape index (κ3) is 2.77. The quantitative estimate of drug-likeness (QED) is 0.661. The first-order valence-electron chi connectivity index (χ1n) is 9.93. The van der Waals surface area contributed by atoms with E-state index in [0.717, 1.165) is 23.1 Å². The first kappa shape index (κ1) is 20.1. The molecule has 4 rings (SSSR count). The summed E-state index contributed by atoms with van der Waals surface area (Å²) < 4.78 is 6.85. The van der Waals surface area contributed by atoms with E-state index < -0.39 is 11.2 Å². The zero-order chi connectivity index (χ0) is 21.0. The van der Waals surface area contributed by atoms with Gasteiger partial charge in [-0.3, -0.25) is 4.79 Å². The number of hydrogen-bond donors (Lipinski definition) is 0. The zero-order valence-electron chi connectivity index (χ0n) is 17.2. The number of hydrogen-bond acceptors (Lipinski definition) is 3. The summed E-state index contributed by atoms with van der Waals surface area (Å²) >= 11 is 6.31. The van der Waals surface area contributed by atoms with Crippen LogP contribution >= 0.6 is 11.6 Å². The average Bonchev–Trinajstić information content (AvgIpc) is 3.13. The molecule has 29 heavy (non-hydrogen) atoms. The fraction of sp³-hybridized carbons (Fsp3) is 0.417. The van der Waals surface area contributed by atoms with Crippen LogP contribution in [0, 0.1) is 5.41 Å². The highest BCUT2D eigenvalue weighted by Gasteiger charge is 2.67. The smallest absolute Gasteiger partial charge is 0.264 e. The van der Waals surface area contributed by atoms with E-state index in [4.69, 9.17) is 16.3 Å². The van der Waals surface area contributed by atoms with E-state index in [1.165, 1.54) is 0 Å². The molecule has 152 valence electrons. The van der Waals surface area contributed by atoms with E-state index in [-0.39, 0.29) is 23.7 Å². The summed E-state index contributed by atoms with van der Waals surface area (Å²) in [5.41, 5.74) is 0.370. The molecule has 0 saturated carbocycles. The number of amides is 1. The van der Waals surface area contributed by atoms with E-state index in [9.17, 15) is 9.59 Å². The summed E-state index contributed by atoms with van der Waals surface area (Å²) in [5, 5.41) is 0.619. The SMILES string of the molecule is CN1C(=O)[C@@]2(O[C@@](CC=O)(C(C)(C)C)C[C@H]2c2cccc(Cl)c2)c2ccccc21. The topological polar surface area (TPSA) is 46.6 Å². The molecule has 5 heteroatoms. The van der Waals surface area contributed by atoms with Gasteiger partial charge in [0.1, 0.15) is 6.29 Å². The first-order valence-corrected chi connectivity index (χ1v) is 10.3. The number of carbonyl (C=O) groups is 2. The zero-order valence-corrected chi connectivity index (χ0v) is 18.0. The molecule has 4 nitrogen and oxygen atoms in total. The minimum absolute atomic E-state index is 0.0966. The third-order valence-corrected chi connectivity index (χ3v) is 6.93. The predicted octanol–water partition coefficient (Wildman–Crippen LogP) is 5.09. The normalized spacial score (nSPS) is 28.8. The molecule has 0 N–H and O–H groups in total. The largest absolute Gasteiger partial charge is 0.352 e. The molecule has 2 aliphatic heterocycles. The molecule has 0 bridgehead atoms. The van der Waals surface area contributed by atoms with E-state index in [0.29, 0.717) is 11.4 Å². The molecule has 1 saturated heterocycles. The van der Waals surface area contributed by atoms with Crippen molar-refractivity contribution < 1.29 is 14.3 Å². The molecule has 1 spiro atoms. The van der Waals surface area contributed by atoms with Crippen molar-refractivity contribution in [1.82, 2.24) is 0 Å². The van der Waals surface area contributed by atoms with Gasteiger partial charge in [0, 0.05) is 30.0 Å². The van der Waals surface area contributed by atoms with Crippen LogP contribution in [0.3, 0.4) is 0 Å². The highest BCUT2D eigenvalue weighted by atomic mass is 35.5. The monoisotopic (exact) mass is 411 g/mol. The van der Waals surface area contributed by atoms with Crippen LogP contribution in [0.5, 0.6) is 0 Å². The summed E-state index contributed by atoms with van der Waals surface area (Å²) in [4.78, 5) is 27.1. The second-order valence-electron chi connectivity index (χ2n) is 9.15. The number of nitrogens with zero attached hydrogens (tertiary/aromatic N) is 1. The van der Waals surface area contributed by atoms with Gasteiger partial charge in [-0.1, -0.05) is 62.7 Å². The van der Waals surface area contributed by atoms with Crippen molar-refractivity contribution in [2.75, 3.05) is 11.9 Å². The van der Waals surface area contributed by atoms with Crippen LogP contribution in [0.4, 0.5) is 5.69 Å². The van der Waals surface area contributed by atoms with Crippen molar-refractivity contribution in [2.45, 2.75) is 50.7 Å². The van der Waals surface area contributed by atoms with Gasteiger partial charge in [0.15, 0.2) is 5.60 Å². The summed E-state index contributed by atoms with van der Waals surface area (Å²) in [7, 11) is 1.78. The predicted molar refractivity (Wildman–Crippen MR) is 114 cm³/mol. The van der Waals surface area contributed by atoms with Gasteiger partial charge in [-0.05, 0) is 35.6 Å². The summed E-state index contributed by atoms with van der Waals surface area (Å²) in [5.74, 6) is -0.348. The summed E-state index contributed by atoms with van der Waals surface area (Å²) in [6, 6.07) is 15.4. The number of benzene rings is 2. The third-order valence-electron chi connectivity index (χ3n) is 6.70. The minimum atomic E-state index is -1.17.